The number of aromatic nitrogens is 3. The van der Waals surface area contributed by atoms with Gasteiger partial charge in [0.25, 0.3) is 0 Å². The van der Waals surface area contributed by atoms with Crippen molar-refractivity contribution >= 4 is 17.4 Å². The van der Waals surface area contributed by atoms with Gasteiger partial charge >= 0.3 is 6.01 Å². The van der Waals surface area contributed by atoms with E-state index in [0.717, 1.165) is 11.4 Å². The van der Waals surface area contributed by atoms with Crippen LogP contribution < -0.4 is 5.32 Å². The average Bonchev–Trinajstić information content (AvgIpc) is 2.89. The lowest BCUT2D eigenvalue weighted by Crippen LogP contribution is -1.99. The highest BCUT2D eigenvalue weighted by Gasteiger charge is 2.16. The van der Waals surface area contributed by atoms with Gasteiger partial charge < -0.3 is 9.84 Å². The molecule has 0 unspecified atom stereocenters. The molecule has 16 heavy (non-hydrogen) atoms. The van der Waals surface area contributed by atoms with Gasteiger partial charge in [0, 0.05) is 4.88 Å². The molecule has 2 aromatic heterocycles. The summed E-state index contributed by atoms with van der Waals surface area (Å²) in [7, 11) is 0. The number of nitrogens with zero attached hydrogens (tertiary/aromatic N) is 3. The highest BCUT2D eigenvalue weighted by Crippen LogP contribution is 2.27. The predicted octanol–water partition coefficient (Wildman–Crippen LogP) is 1.94. The van der Waals surface area contributed by atoms with Gasteiger partial charge in [0.15, 0.2) is 5.82 Å². The molecule has 0 fully saturated rings. The van der Waals surface area contributed by atoms with Gasteiger partial charge in [-0.2, -0.15) is 4.98 Å². The van der Waals surface area contributed by atoms with Crippen molar-refractivity contribution in [2.75, 3.05) is 5.32 Å². The summed E-state index contributed by atoms with van der Waals surface area (Å²) in [6, 6.07) is 0.466. The molecule has 0 amide bonds. The first-order chi connectivity index (χ1) is 7.81. The van der Waals surface area contributed by atoms with Crippen LogP contribution in [0.25, 0.3) is 0 Å². The first-order valence-electron chi connectivity index (χ1n) is 5.33. The number of hydrogen-bond acceptors (Lipinski definition) is 6. The zero-order valence-corrected chi connectivity index (χ0v) is 9.80. The summed E-state index contributed by atoms with van der Waals surface area (Å²) in [5.74, 6) is 0.643. The maximum absolute atomic E-state index is 4.97. The average molecular weight is 236 g/mol. The number of rotatable bonds is 3. The van der Waals surface area contributed by atoms with Crippen molar-refractivity contribution in [1.29, 1.82) is 0 Å². The Bertz CT molecular complexity index is 483. The Hall–Kier alpha value is -1.43. The van der Waals surface area contributed by atoms with E-state index in [-0.39, 0.29) is 0 Å². The predicted molar refractivity (Wildman–Crippen MR) is 60.5 cm³/mol. The molecular formula is C10H12N4OS. The van der Waals surface area contributed by atoms with E-state index >= 15 is 0 Å². The molecule has 1 aliphatic rings. The third kappa shape index (κ3) is 1.80. The second-order valence-corrected chi connectivity index (χ2v) is 5.00. The summed E-state index contributed by atoms with van der Waals surface area (Å²) in [5, 5.41) is 7.89. The van der Waals surface area contributed by atoms with Crippen LogP contribution in [0.3, 0.4) is 0 Å². The Morgan fingerprint density at radius 2 is 2.31 bits per heavy atom. The minimum absolute atomic E-state index is 0.466. The largest absolute Gasteiger partial charge is 0.331 e. The lowest BCUT2D eigenvalue weighted by atomic mass is 10.4. The van der Waals surface area contributed by atoms with E-state index in [0.29, 0.717) is 18.4 Å². The smallest absolute Gasteiger partial charge is 0.321 e. The van der Waals surface area contributed by atoms with Crippen LogP contribution in [0.2, 0.25) is 0 Å². The molecule has 2 aromatic rings. The van der Waals surface area contributed by atoms with E-state index in [1.54, 1.807) is 18.3 Å². The highest BCUT2D eigenvalue weighted by atomic mass is 32.1. The van der Waals surface area contributed by atoms with E-state index in [1.807, 2.05) is 0 Å². The molecule has 5 nitrogen and oxygen atoms in total. The molecule has 0 aliphatic heterocycles. The fourth-order valence-corrected chi connectivity index (χ4v) is 2.94. The standard InChI is InChI=1S/C10H12N4OS/c1-6-12-10(15-14-6)11-5-9-13-7-3-2-4-8(7)16-9/h2-5H2,1H3,(H,11,12,14). The van der Waals surface area contributed by atoms with Gasteiger partial charge in [-0.15, -0.1) is 11.3 Å². The fraction of sp³-hybridized carbons (Fsp3) is 0.500. The van der Waals surface area contributed by atoms with Crippen molar-refractivity contribution < 1.29 is 4.52 Å². The molecule has 0 saturated heterocycles. The minimum Gasteiger partial charge on any atom is -0.331 e. The zero-order valence-electron chi connectivity index (χ0n) is 8.99. The van der Waals surface area contributed by atoms with Gasteiger partial charge in [-0.05, 0) is 26.2 Å². The van der Waals surface area contributed by atoms with E-state index in [4.69, 9.17) is 4.52 Å². The van der Waals surface area contributed by atoms with Gasteiger partial charge in [0.05, 0.1) is 12.2 Å². The van der Waals surface area contributed by atoms with Crippen molar-refractivity contribution in [1.82, 2.24) is 15.1 Å². The molecule has 1 N–H and O–H groups in total. The molecule has 1 aliphatic carbocycles. The van der Waals surface area contributed by atoms with Crippen LogP contribution in [0.15, 0.2) is 4.52 Å². The van der Waals surface area contributed by atoms with Crippen molar-refractivity contribution in [2.45, 2.75) is 32.7 Å². The third-order valence-corrected chi connectivity index (χ3v) is 3.72. The van der Waals surface area contributed by atoms with E-state index in [9.17, 15) is 0 Å². The lowest BCUT2D eigenvalue weighted by molar-refractivity contribution is 0.425. The Morgan fingerprint density at radius 3 is 3.06 bits per heavy atom. The molecule has 0 atom stereocenters. The van der Waals surface area contributed by atoms with Crippen LogP contribution >= 0.6 is 11.3 Å². The van der Waals surface area contributed by atoms with Crippen molar-refractivity contribution in [3.05, 3.63) is 21.4 Å². The van der Waals surface area contributed by atoms with Crippen LogP contribution in [0.5, 0.6) is 0 Å². The molecule has 2 heterocycles. The first-order valence-corrected chi connectivity index (χ1v) is 6.14. The summed E-state index contributed by atoms with van der Waals surface area (Å²) in [4.78, 5) is 10.1. The summed E-state index contributed by atoms with van der Waals surface area (Å²) >= 11 is 1.78. The maximum atomic E-state index is 4.97. The lowest BCUT2D eigenvalue weighted by Gasteiger charge is -1.96. The highest BCUT2D eigenvalue weighted by molar-refractivity contribution is 7.11. The molecule has 0 saturated carbocycles. The van der Waals surface area contributed by atoms with E-state index in [1.165, 1.54) is 23.4 Å². The number of anilines is 1. The quantitative estimate of drug-likeness (QED) is 0.882. The molecule has 3 rings (SSSR count). The van der Waals surface area contributed by atoms with Gasteiger partial charge in [0.2, 0.25) is 0 Å². The molecule has 84 valence electrons. The maximum Gasteiger partial charge on any atom is 0.321 e. The van der Waals surface area contributed by atoms with Gasteiger partial charge in [-0.1, -0.05) is 5.16 Å². The zero-order chi connectivity index (χ0) is 11.0. The number of hydrogen-bond donors (Lipinski definition) is 1. The first kappa shape index (κ1) is 9.77. The Morgan fingerprint density at radius 1 is 1.38 bits per heavy atom. The SMILES string of the molecule is Cc1noc(NCc2nc3c(s2)CCC3)n1. The van der Waals surface area contributed by atoms with E-state index < -0.39 is 0 Å². The summed E-state index contributed by atoms with van der Waals surface area (Å²) < 4.78 is 4.97. The molecule has 0 bridgehead atoms. The number of fused-ring (bicyclic) bond motifs is 1. The molecule has 0 spiro atoms. The fourth-order valence-electron chi connectivity index (χ4n) is 1.84. The van der Waals surface area contributed by atoms with Crippen LogP contribution in [0.4, 0.5) is 6.01 Å². The van der Waals surface area contributed by atoms with Gasteiger partial charge in [-0.25, -0.2) is 4.98 Å². The Kier molecular flexibility index (Phi) is 2.36. The topological polar surface area (TPSA) is 63.8 Å². The number of nitrogens with one attached hydrogen (secondary N) is 1. The Balaban J connectivity index is 1.66. The molecule has 0 aromatic carbocycles. The van der Waals surface area contributed by atoms with Gasteiger partial charge in [-0.3, -0.25) is 0 Å². The van der Waals surface area contributed by atoms with Crippen LogP contribution in [-0.2, 0) is 19.4 Å². The van der Waals surface area contributed by atoms with Crippen LogP contribution in [0, 0.1) is 6.92 Å². The van der Waals surface area contributed by atoms with Crippen LogP contribution in [0.1, 0.15) is 27.8 Å². The third-order valence-electron chi connectivity index (χ3n) is 2.56. The summed E-state index contributed by atoms with van der Waals surface area (Å²) in [6.07, 6.45) is 3.57. The number of thiazole rings is 1. The van der Waals surface area contributed by atoms with Crippen molar-refractivity contribution in [3.8, 4) is 0 Å². The second kappa shape index (κ2) is 3.86. The molecule has 6 heteroatoms. The number of aryl methyl sites for hydroxylation is 3. The van der Waals surface area contributed by atoms with Crippen molar-refractivity contribution in [3.63, 3.8) is 0 Å². The second-order valence-electron chi connectivity index (χ2n) is 3.83. The van der Waals surface area contributed by atoms with E-state index in [2.05, 4.69) is 20.4 Å². The van der Waals surface area contributed by atoms with Gasteiger partial charge in [0.1, 0.15) is 5.01 Å². The monoisotopic (exact) mass is 236 g/mol. The van der Waals surface area contributed by atoms with Crippen molar-refractivity contribution in [2.24, 2.45) is 0 Å². The van der Waals surface area contributed by atoms with Crippen LogP contribution in [-0.4, -0.2) is 15.1 Å². The normalized spacial score (nSPS) is 14.1. The molecule has 0 radical (unpaired) electrons. The summed E-state index contributed by atoms with van der Waals surface area (Å²) in [5.41, 5.74) is 1.28. The minimum atomic E-state index is 0.466. The Labute approximate surface area is 96.9 Å². The molecular weight excluding hydrogens is 224 g/mol. The summed E-state index contributed by atoms with van der Waals surface area (Å²) in [6.45, 7) is 2.46.